The highest BCUT2D eigenvalue weighted by atomic mass is 16.5. The van der Waals surface area contributed by atoms with Crippen LogP contribution in [0.4, 0.5) is 5.69 Å². The maximum Gasteiger partial charge on any atom is 0.180 e. The molecule has 2 aliphatic heterocycles. The number of methoxy groups -OCH3 is 2. The summed E-state index contributed by atoms with van der Waals surface area (Å²) >= 11 is 0. The van der Waals surface area contributed by atoms with Crippen molar-refractivity contribution >= 4 is 29.1 Å². The van der Waals surface area contributed by atoms with Crippen LogP contribution < -0.4 is 14.4 Å². The molecule has 0 amide bonds. The minimum atomic E-state index is -1.50. The molecule has 0 radical (unpaired) electrons. The Morgan fingerprint density at radius 2 is 1.57 bits per heavy atom. The normalized spacial score (nSPS) is 22.6. The van der Waals surface area contributed by atoms with Gasteiger partial charge in [-0.15, -0.1) is 0 Å². The molecule has 0 bridgehead atoms. The lowest BCUT2D eigenvalue weighted by molar-refractivity contribution is -0.118. The number of aryl methyl sites for hydroxylation is 1. The highest BCUT2D eigenvalue weighted by Gasteiger charge is 2.71. The summed E-state index contributed by atoms with van der Waals surface area (Å²) in [5.74, 6) is -0.327. The first-order valence-corrected chi connectivity index (χ1v) is 12.3. The van der Waals surface area contributed by atoms with Crippen molar-refractivity contribution in [2.45, 2.75) is 31.8 Å². The fourth-order valence-corrected chi connectivity index (χ4v) is 6.64. The fourth-order valence-electron chi connectivity index (χ4n) is 6.64. The number of nitrogens with zero attached hydrogens (tertiary/aromatic N) is 1. The molecule has 6 rings (SSSR count). The van der Waals surface area contributed by atoms with Gasteiger partial charge in [0.25, 0.3) is 0 Å². The van der Waals surface area contributed by atoms with Gasteiger partial charge in [-0.05, 0) is 48.7 Å². The Morgan fingerprint density at radius 1 is 0.892 bits per heavy atom. The van der Waals surface area contributed by atoms with Gasteiger partial charge in [-0.25, -0.2) is 0 Å². The largest absolute Gasteiger partial charge is 0.493 e. The van der Waals surface area contributed by atoms with Crippen LogP contribution in [0.1, 0.15) is 50.2 Å². The van der Waals surface area contributed by atoms with E-state index in [1.165, 1.54) is 0 Å². The molecule has 0 N–H and O–H groups in total. The maximum atomic E-state index is 14.4. The zero-order chi connectivity index (χ0) is 26.1. The summed E-state index contributed by atoms with van der Waals surface area (Å²) in [6, 6.07) is 17.1. The lowest BCUT2D eigenvalue weighted by Crippen LogP contribution is -2.48. The number of ether oxygens (including phenoxy) is 2. The molecule has 1 aliphatic carbocycles. The third-order valence-corrected chi connectivity index (χ3v) is 8.15. The molecule has 186 valence electrons. The molecule has 3 aromatic rings. The molecule has 3 aromatic carbocycles. The number of Topliss-reactive ketones (excluding diaryl/α,β-unsaturated/α-hetero) is 3. The Hall–Kier alpha value is -4.19. The molecule has 0 unspecified atom stereocenters. The van der Waals surface area contributed by atoms with E-state index in [0.717, 1.165) is 16.8 Å². The Bertz CT molecular complexity index is 1480. The van der Waals surface area contributed by atoms with Crippen molar-refractivity contribution in [1.29, 1.82) is 0 Å². The van der Waals surface area contributed by atoms with E-state index in [2.05, 4.69) is 0 Å². The van der Waals surface area contributed by atoms with E-state index in [-0.39, 0.29) is 17.3 Å². The lowest BCUT2D eigenvalue weighted by atomic mass is 9.64. The van der Waals surface area contributed by atoms with Crippen molar-refractivity contribution in [3.63, 3.8) is 0 Å². The van der Waals surface area contributed by atoms with Gasteiger partial charge in [0, 0.05) is 22.7 Å². The summed E-state index contributed by atoms with van der Waals surface area (Å²) in [6.45, 7) is 3.54. The van der Waals surface area contributed by atoms with Gasteiger partial charge in [-0.2, -0.15) is 0 Å². The van der Waals surface area contributed by atoms with Crippen LogP contribution in [0.5, 0.6) is 11.5 Å². The zero-order valence-electron chi connectivity index (χ0n) is 21.1. The molecule has 6 nitrogen and oxygen atoms in total. The summed E-state index contributed by atoms with van der Waals surface area (Å²) in [6.07, 6.45) is 3.89. The Morgan fingerprint density at radius 3 is 2.19 bits per heavy atom. The predicted octanol–water partition coefficient (Wildman–Crippen LogP) is 5.03. The second-order valence-corrected chi connectivity index (χ2v) is 9.99. The van der Waals surface area contributed by atoms with Crippen molar-refractivity contribution in [1.82, 2.24) is 0 Å². The summed E-state index contributed by atoms with van der Waals surface area (Å²) in [5, 5.41) is 0. The minimum absolute atomic E-state index is 0.110. The van der Waals surface area contributed by atoms with E-state index < -0.39 is 23.4 Å². The topological polar surface area (TPSA) is 72.9 Å². The van der Waals surface area contributed by atoms with E-state index in [9.17, 15) is 14.4 Å². The van der Waals surface area contributed by atoms with E-state index in [4.69, 9.17) is 9.47 Å². The van der Waals surface area contributed by atoms with Crippen molar-refractivity contribution < 1.29 is 23.9 Å². The Balaban J connectivity index is 1.68. The van der Waals surface area contributed by atoms with Crippen molar-refractivity contribution in [3.05, 3.63) is 94.6 Å². The van der Waals surface area contributed by atoms with E-state index in [1.54, 1.807) is 57.5 Å². The number of benzene rings is 3. The number of fused-ring (bicyclic) bond motifs is 5. The first-order chi connectivity index (χ1) is 17.8. The summed E-state index contributed by atoms with van der Waals surface area (Å²) in [4.78, 5) is 44.4. The van der Waals surface area contributed by atoms with Crippen LogP contribution in [-0.4, -0.2) is 43.7 Å². The second kappa shape index (κ2) is 8.17. The molecule has 1 spiro atoms. The van der Waals surface area contributed by atoms with Gasteiger partial charge in [0.05, 0.1) is 26.3 Å². The number of carbonyl (C=O) groups excluding carboxylic acids is 3. The second-order valence-electron chi connectivity index (χ2n) is 9.99. The van der Waals surface area contributed by atoms with Gasteiger partial charge in [-0.1, -0.05) is 54.6 Å². The monoisotopic (exact) mass is 493 g/mol. The number of rotatable bonds is 4. The number of anilines is 1. The van der Waals surface area contributed by atoms with Crippen molar-refractivity contribution in [2.24, 2.45) is 5.41 Å². The van der Waals surface area contributed by atoms with Gasteiger partial charge in [0.2, 0.25) is 0 Å². The maximum absolute atomic E-state index is 14.4. The molecule has 6 heteroatoms. The van der Waals surface area contributed by atoms with Crippen LogP contribution in [0.2, 0.25) is 0 Å². The first kappa shape index (κ1) is 23.2. The Kier molecular flexibility index (Phi) is 5.13. The Labute approximate surface area is 215 Å². The molecule has 3 aliphatic rings. The molecule has 0 saturated carbocycles. The quantitative estimate of drug-likeness (QED) is 0.475. The lowest BCUT2D eigenvalue weighted by Gasteiger charge is -2.37. The third-order valence-electron chi connectivity index (χ3n) is 8.15. The molecule has 0 aromatic heterocycles. The molecular formula is C31H27NO5. The van der Waals surface area contributed by atoms with Gasteiger partial charge in [0.15, 0.2) is 28.8 Å². The molecule has 3 atom stereocenters. The molecule has 2 heterocycles. The van der Waals surface area contributed by atoms with Crippen LogP contribution in [0, 0.1) is 12.3 Å². The van der Waals surface area contributed by atoms with E-state index in [1.807, 2.05) is 48.2 Å². The third kappa shape index (κ3) is 2.95. The van der Waals surface area contributed by atoms with Gasteiger partial charge in [-0.3, -0.25) is 14.4 Å². The number of carbonyl (C=O) groups is 3. The molecule has 1 saturated heterocycles. The molecule has 1 fully saturated rings. The number of ketones is 3. The van der Waals surface area contributed by atoms with Gasteiger partial charge in [0.1, 0.15) is 5.41 Å². The summed E-state index contributed by atoms with van der Waals surface area (Å²) in [7, 11) is 3.10. The summed E-state index contributed by atoms with van der Waals surface area (Å²) < 4.78 is 11.0. The highest BCUT2D eigenvalue weighted by Crippen LogP contribution is 2.61. The number of hydrogen-bond acceptors (Lipinski definition) is 6. The van der Waals surface area contributed by atoms with Crippen LogP contribution in [0.15, 0.2) is 66.7 Å². The highest BCUT2D eigenvalue weighted by molar-refractivity contribution is 6.32. The SMILES string of the molecule is COc1ccc([C@H]2[C@H](C(C)=O)N3c4cc(C)ccc4C=C[C@@H]3C23C(=O)c2ccccc2C3=O)cc1OC. The fraction of sp³-hybridized carbons (Fsp3) is 0.258. The summed E-state index contributed by atoms with van der Waals surface area (Å²) in [5.41, 5.74) is 2.84. The van der Waals surface area contributed by atoms with Crippen molar-refractivity contribution in [3.8, 4) is 11.5 Å². The van der Waals surface area contributed by atoms with Crippen LogP contribution in [-0.2, 0) is 4.79 Å². The van der Waals surface area contributed by atoms with Crippen LogP contribution >= 0.6 is 0 Å². The molecular weight excluding hydrogens is 466 g/mol. The van der Waals surface area contributed by atoms with Crippen LogP contribution in [0.25, 0.3) is 6.08 Å². The van der Waals surface area contributed by atoms with E-state index in [0.29, 0.717) is 28.2 Å². The number of hydrogen-bond donors (Lipinski definition) is 0. The average molecular weight is 494 g/mol. The minimum Gasteiger partial charge on any atom is -0.493 e. The predicted molar refractivity (Wildman–Crippen MR) is 141 cm³/mol. The van der Waals surface area contributed by atoms with Crippen molar-refractivity contribution in [2.75, 3.05) is 19.1 Å². The van der Waals surface area contributed by atoms with Gasteiger partial charge >= 0.3 is 0 Å². The molecule has 37 heavy (non-hydrogen) atoms. The standard InChI is InChI=1S/C31H27NO5/c1-17-9-10-19-12-14-26-31(29(34)21-7-5-6-8-22(21)30(31)35)27(28(18(2)33)32(26)23(19)15-17)20-11-13-24(36-3)25(16-20)37-4/h5-16,26-28H,1-4H3/t26-,27+,28+/m1/s1. The van der Waals surface area contributed by atoms with E-state index >= 15 is 0 Å². The van der Waals surface area contributed by atoms with Gasteiger partial charge < -0.3 is 14.4 Å². The zero-order valence-corrected chi connectivity index (χ0v) is 21.1. The smallest absolute Gasteiger partial charge is 0.180 e. The first-order valence-electron chi connectivity index (χ1n) is 12.3. The van der Waals surface area contributed by atoms with Crippen LogP contribution in [0.3, 0.4) is 0 Å². The average Bonchev–Trinajstić information content (AvgIpc) is 3.35.